The number of rotatable bonds is 4. The number of aliphatic hydroxyl groups excluding tert-OH is 1. The Labute approximate surface area is 123 Å². The fourth-order valence-electron chi connectivity index (χ4n) is 2.03. The van der Waals surface area contributed by atoms with E-state index in [-0.39, 0.29) is 17.2 Å². The number of aryl methyl sites for hydroxylation is 1. The quantitative estimate of drug-likeness (QED) is 0.912. The minimum absolute atomic E-state index is 0.0795. The molecule has 0 fully saturated rings. The molecule has 0 saturated heterocycles. The van der Waals surface area contributed by atoms with Gasteiger partial charge in [0.1, 0.15) is 5.82 Å². The molecule has 6 heteroatoms. The summed E-state index contributed by atoms with van der Waals surface area (Å²) in [7, 11) is -3.84. The van der Waals surface area contributed by atoms with Gasteiger partial charge in [0.2, 0.25) is 0 Å². The normalized spacial score (nSPS) is 11.4. The average Bonchev–Trinajstić information content (AvgIpc) is 2.41. The molecule has 0 heterocycles. The van der Waals surface area contributed by atoms with Crippen molar-refractivity contribution in [2.45, 2.75) is 25.3 Å². The number of hydrogen-bond donors (Lipinski definition) is 2. The number of sulfonamides is 1. The molecule has 0 aliphatic carbocycles. The van der Waals surface area contributed by atoms with Crippen LogP contribution in [0.1, 0.15) is 16.7 Å². The number of nitrogens with one attached hydrogen (secondary N) is 1. The van der Waals surface area contributed by atoms with Gasteiger partial charge < -0.3 is 5.11 Å². The van der Waals surface area contributed by atoms with Crippen molar-refractivity contribution in [3.8, 4) is 0 Å². The molecule has 0 aliphatic rings. The van der Waals surface area contributed by atoms with E-state index in [0.29, 0.717) is 11.1 Å². The minimum Gasteiger partial charge on any atom is -0.392 e. The Morgan fingerprint density at radius 2 is 1.90 bits per heavy atom. The van der Waals surface area contributed by atoms with Crippen molar-refractivity contribution in [2.75, 3.05) is 4.72 Å². The van der Waals surface area contributed by atoms with Crippen LogP contribution in [0.3, 0.4) is 0 Å². The van der Waals surface area contributed by atoms with E-state index in [1.54, 1.807) is 19.9 Å². The summed E-state index contributed by atoms with van der Waals surface area (Å²) < 4.78 is 40.4. The van der Waals surface area contributed by atoms with Gasteiger partial charge in [0.05, 0.1) is 17.2 Å². The Bertz CT molecular complexity index is 772. The van der Waals surface area contributed by atoms with Crippen LogP contribution in [-0.2, 0) is 16.6 Å². The Hall–Kier alpha value is -1.92. The summed E-state index contributed by atoms with van der Waals surface area (Å²) in [5.74, 6) is -0.521. The van der Waals surface area contributed by atoms with Gasteiger partial charge in [-0.1, -0.05) is 12.1 Å². The van der Waals surface area contributed by atoms with Gasteiger partial charge in [0.25, 0.3) is 10.0 Å². The summed E-state index contributed by atoms with van der Waals surface area (Å²) in [6, 6.07) is 8.39. The van der Waals surface area contributed by atoms with Crippen molar-refractivity contribution in [2.24, 2.45) is 0 Å². The molecule has 0 saturated carbocycles. The van der Waals surface area contributed by atoms with E-state index in [0.717, 1.165) is 11.6 Å². The van der Waals surface area contributed by atoms with E-state index < -0.39 is 15.8 Å². The van der Waals surface area contributed by atoms with Gasteiger partial charge in [-0.2, -0.15) is 0 Å². The molecule has 2 rings (SSSR count). The molecule has 0 aromatic heterocycles. The monoisotopic (exact) mass is 309 g/mol. The first-order chi connectivity index (χ1) is 9.83. The average molecular weight is 309 g/mol. The first-order valence-electron chi connectivity index (χ1n) is 6.33. The molecule has 2 aromatic rings. The predicted molar refractivity (Wildman–Crippen MR) is 79.0 cm³/mol. The van der Waals surface area contributed by atoms with E-state index in [2.05, 4.69) is 4.72 Å². The van der Waals surface area contributed by atoms with Gasteiger partial charge in [-0.05, 0) is 54.8 Å². The van der Waals surface area contributed by atoms with Crippen molar-refractivity contribution in [3.05, 3.63) is 58.9 Å². The van der Waals surface area contributed by atoms with Crippen LogP contribution in [0.15, 0.2) is 41.3 Å². The predicted octanol–water partition coefficient (Wildman–Crippen LogP) is 2.74. The molecular weight excluding hydrogens is 293 g/mol. The third-order valence-corrected chi connectivity index (χ3v) is 4.74. The Morgan fingerprint density at radius 1 is 1.19 bits per heavy atom. The fourth-order valence-corrected chi connectivity index (χ4v) is 3.45. The lowest BCUT2D eigenvalue weighted by molar-refractivity contribution is 0.281. The highest BCUT2D eigenvalue weighted by Crippen LogP contribution is 2.24. The van der Waals surface area contributed by atoms with E-state index in [1.807, 2.05) is 0 Å². The minimum atomic E-state index is -3.84. The molecule has 0 aliphatic heterocycles. The summed E-state index contributed by atoms with van der Waals surface area (Å²) in [5, 5.41) is 9.20. The number of hydrogen-bond acceptors (Lipinski definition) is 3. The number of benzene rings is 2. The van der Waals surface area contributed by atoms with Crippen LogP contribution in [0.4, 0.5) is 10.1 Å². The topological polar surface area (TPSA) is 66.4 Å². The summed E-state index contributed by atoms with van der Waals surface area (Å²) in [6.07, 6.45) is 0. The Morgan fingerprint density at radius 3 is 2.52 bits per heavy atom. The summed E-state index contributed by atoms with van der Waals surface area (Å²) in [4.78, 5) is 0.0795. The molecule has 0 bridgehead atoms. The molecule has 0 amide bonds. The first-order valence-corrected chi connectivity index (χ1v) is 7.81. The zero-order chi connectivity index (χ0) is 15.6. The van der Waals surface area contributed by atoms with Gasteiger partial charge in [0, 0.05) is 0 Å². The third kappa shape index (κ3) is 3.40. The maximum atomic E-state index is 13.1. The molecule has 0 radical (unpaired) electrons. The van der Waals surface area contributed by atoms with Crippen LogP contribution < -0.4 is 4.72 Å². The summed E-state index contributed by atoms with van der Waals surface area (Å²) in [6.45, 7) is 3.22. The van der Waals surface area contributed by atoms with E-state index in [4.69, 9.17) is 0 Å². The van der Waals surface area contributed by atoms with Gasteiger partial charge in [-0.25, -0.2) is 12.8 Å². The van der Waals surface area contributed by atoms with Gasteiger partial charge in [-0.15, -0.1) is 0 Å². The summed E-state index contributed by atoms with van der Waals surface area (Å²) in [5.41, 5.74) is 2.02. The van der Waals surface area contributed by atoms with Gasteiger partial charge in [0.15, 0.2) is 0 Å². The standard InChI is InChI=1S/C15H16FNO3S/c1-10-6-12(9-18)7-15(11(10)2)21(19,20)17-14-5-3-4-13(16)8-14/h3-8,17-18H,9H2,1-2H3. The van der Waals surface area contributed by atoms with Gasteiger partial charge in [-0.3, -0.25) is 4.72 Å². The lowest BCUT2D eigenvalue weighted by atomic mass is 10.1. The molecule has 0 atom stereocenters. The molecule has 21 heavy (non-hydrogen) atoms. The van der Waals surface area contributed by atoms with Crippen molar-refractivity contribution >= 4 is 15.7 Å². The lowest BCUT2D eigenvalue weighted by Gasteiger charge is -2.13. The van der Waals surface area contributed by atoms with E-state index >= 15 is 0 Å². The largest absolute Gasteiger partial charge is 0.392 e. The molecule has 0 spiro atoms. The molecular formula is C15H16FNO3S. The van der Waals surface area contributed by atoms with Crippen molar-refractivity contribution < 1.29 is 17.9 Å². The van der Waals surface area contributed by atoms with Crippen LogP contribution in [0.5, 0.6) is 0 Å². The molecule has 0 unspecified atom stereocenters. The molecule has 2 N–H and O–H groups in total. The van der Waals surface area contributed by atoms with Crippen LogP contribution in [0.25, 0.3) is 0 Å². The van der Waals surface area contributed by atoms with Crippen LogP contribution >= 0.6 is 0 Å². The smallest absolute Gasteiger partial charge is 0.262 e. The summed E-state index contributed by atoms with van der Waals surface area (Å²) >= 11 is 0. The second kappa shape index (κ2) is 5.83. The van der Waals surface area contributed by atoms with Gasteiger partial charge >= 0.3 is 0 Å². The second-order valence-electron chi connectivity index (χ2n) is 4.81. The van der Waals surface area contributed by atoms with Crippen molar-refractivity contribution in [1.82, 2.24) is 0 Å². The maximum absolute atomic E-state index is 13.1. The Kier molecular flexibility index (Phi) is 4.29. The molecule has 112 valence electrons. The van der Waals surface area contributed by atoms with Crippen LogP contribution in [-0.4, -0.2) is 13.5 Å². The number of anilines is 1. The lowest BCUT2D eigenvalue weighted by Crippen LogP contribution is -2.15. The van der Waals surface area contributed by atoms with E-state index in [9.17, 15) is 17.9 Å². The van der Waals surface area contributed by atoms with Crippen molar-refractivity contribution in [3.63, 3.8) is 0 Å². The third-order valence-electron chi connectivity index (χ3n) is 3.23. The Balaban J connectivity index is 2.47. The first kappa shape index (κ1) is 15.5. The van der Waals surface area contributed by atoms with Crippen LogP contribution in [0, 0.1) is 19.7 Å². The molecule has 2 aromatic carbocycles. The highest BCUT2D eigenvalue weighted by molar-refractivity contribution is 7.92. The highest BCUT2D eigenvalue weighted by Gasteiger charge is 2.19. The zero-order valence-corrected chi connectivity index (χ0v) is 12.5. The number of halogens is 1. The SMILES string of the molecule is Cc1cc(CO)cc(S(=O)(=O)Nc2cccc(F)c2)c1C. The van der Waals surface area contributed by atoms with Crippen LogP contribution in [0.2, 0.25) is 0 Å². The zero-order valence-electron chi connectivity index (χ0n) is 11.7. The van der Waals surface area contributed by atoms with Crippen molar-refractivity contribution in [1.29, 1.82) is 0 Å². The van der Waals surface area contributed by atoms with E-state index in [1.165, 1.54) is 24.3 Å². The molecule has 4 nitrogen and oxygen atoms in total. The second-order valence-corrected chi connectivity index (χ2v) is 6.46. The highest BCUT2D eigenvalue weighted by atomic mass is 32.2. The maximum Gasteiger partial charge on any atom is 0.262 e. The number of aliphatic hydroxyl groups is 1. The fraction of sp³-hybridized carbons (Fsp3) is 0.200.